The van der Waals surface area contributed by atoms with E-state index in [4.69, 9.17) is 9.15 Å². The second-order valence-corrected chi connectivity index (χ2v) is 6.19. The molecule has 1 N–H and O–H groups in total. The van der Waals surface area contributed by atoms with Gasteiger partial charge in [0, 0.05) is 12.0 Å². The zero-order valence-corrected chi connectivity index (χ0v) is 14.5. The van der Waals surface area contributed by atoms with Crippen LogP contribution in [0.15, 0.2) is 28.7 Å². The van der Waals surface area contributed by atoms with Crippen molar-refractivity contribution in [2.45, 2.75) is 32.1 Å². The first-order valence-corrected chi connectivity index (χ1v) is 8.75. The lowest BCUT2D eigenvalue weighted by molar-refractivity contribution is -0.116. The molecule has 0 spiro atoms. The summed E-state index contributed by atoms with van der Waals surface area (Å²) in [6.45, 7) is 3.27. The summed E-state index contributed by atoms with van der Waals surface area (Å²) in [5, 5.41) is 10.5. The van der Waals surface area contributed by atoms with Gasteiger partial charge in [-0.15, -0.1) is 5.10 Å². The maximum absolute atomic E-state index is 12.0. The monoisotopic (exact) mass is 344 g/mol. The van der Waals surface area contributed by atoms with Gasteiger partial charge in [-0.2, -0.15) is 0 Å². The van der Waals surface area contributed by atoms with E-state index < -0.39 is 0 Å². The van der Waals surface area contributed by atoms with Gasteiger partial charge in [0.15, 0.2) is 0 Å². The highest BCUT2D eigenvalue weighted by atomic mass is 16.5. The third-order valence-electron chi connectivity index (χ3n) is 4.34. The number of amides is 1. The number of anilines is 1. The van der Waals surface area contributed by atoms with Crippen LogP contribution in [0.4, 0.5) is 6.01 Å². The first-order valence-electron chi connectivity index (χ1n) is 8.75. The summed E-state index contributed by atoms with van der Waals surface area (Å²) in [5.74, 6) is 1.03. The molecule has 0 unspecified atom stereocenters. The van der Waals surface area contributed by atoms with E-state index in [0.717, 1.165) is 37.4 Å². The minimum Gasteiger partial charge on any atom is -0.497 e. The molecule has 0 saturated carbocycles. The van der Waals surface area contributed by atoms with Crippen molar-refractivity contribution in [3.05, 3.63) is 24.3 Å². The number of hydrogen-bond donors (Lipinski definition) is 1. The highest BCUT2D eigenvalue weighted by Gasteiger charge is 2.13. The average molecular weight is 344 g/mol. The molecule has 2 aromatic rings. The molecule has 0 bridgehead atoms. The van der Waals surface area contributed by atoms with Gasteiger partial charge in [0.1, 0.15) is 5.75 Å². The van der Waals surface area contributed by atoms with Gasteiger partial charge in [-0.05, 0) is 63.2 Å². The summed E-state index contributed by atoms with van der Waals surface area (Å²) >= 11 is 0. The SMILES string of the molecule is COc1ccc(-c2nnc(NC(=O)CCCN3CCCCC3)o2)cc1. The average Bonchev–Trinajstić information content (AvgIpc) is 3.11. The predicted octanol–water partition coefficient (Wildman–Crippen LogP) is 2.95. The topological polar surface area (TPSA) is 80.5 Å². The number of rotatable bonds is 7. The lowest BCUT2D eigenvalue weighted by Crippen LogP contribution is -2.31. The highest BCUT2D eigenvalue weighted by Crippen LogP contribution is 2.22. The maximum Gasteiger partial charge on any atom is 0.322 e. The Morgan fingerprint density at radius 1 is 1.20 bits per heavy atom. The van der Waals surface area contributed by atoms with Crippen molar-refractivity contribution < 1.29 is 13.9 Å². The minimum atomic E-state index is -0.0954. The number of nitrogens with zero attached hydrogens (tertiary/aromatic N) is 3. The number of methoxy groups -OCH3 is 1. The Bertz CT molecular complexity index is 678. The van der Waals surface area contributed by atoms with Gasteiger partial charge in [0.2, 0.25) is 11.8 Å². The molecule has 134 valence electrons. The van der Waals surface area contributed by atoms with Crippen LogP contribution in [0.2, 0.25) is 0 Å². The number of hydrogen-bond acceptors (Lipinski definition) is 6. The van der Waals surface area contributed by atoms with Gasteiger partial charge in [0.25, 0.3) is 0 Å². The van der Waals surface area contributed by atoms with Crippen LogP contribution in [0.3, 0.4) is 0 Å². The Morgan fingerprint density at radius 3 is 2.68 bits per heavy atom. The number of nitrogens with one attached hydrogen (secondary N) is 1. The number of likely N-dealkylation sites (tertiary alicyclic amines) is 1. The number of carbonyl (C=O) groups excluding carboxylic acids is 1. The molecule has 1 aliphatic heterocycles. The van der Waals surface area contributed by atoms with E-state index in [1.54, 1.807) is 7.11 Å². The summed E-state index contributed by atoms with van der Waals surface area (Å²) in [6, 6.07) is 7.43. The fraction of sp³-hybridized carbons (Fsp3) is 0.500. The zero-order valence-electron chi connectivity index (χ0n) is 14.5. The molecule has 0 atom stereocenters. The van der Waals surface area contributed by atoms with Crippen molar-refractivity contribution in [2.24, 2.45) is 0 Å². The molecular weight excluding hydrogens is 320 g/mol. The molecule has 0 radical (unpaired) electrons. The fourth-order valence-corrected chi connectivity index (χ4v) is 2.95. The Hall–Kier alpha value is -2.41. The van der Waals surface area contributed by atoms with E-state index in [0.29, 0.717) is 12.3 Å². The molecule has 1 aromatic heterocycles. The van der Waals surface area contributed by atoms with Gasteiger partial charge in [-0.3, -0.25) is 10.1 Å². The molecule has 1 fully saturated rings. The Kier molecular flexibility index (Phi) is 6.00. The van der Waals surface area contributed by atoms with Gasteiger partial charge >= 0.3 is 6.01 Å². The fourth-order valence-electron chi connectivity index (χ4n) is 2.95. The van der Waals surface area contributed by atoms with Crippen molar-refractivity contribution in [3.8, 4) is 17.2 Å². The second-order valence-electron chi connectivity index (χ2n) is 6.19. The van der Waals surface area contributed by atoms with E-state index in [1.807, 2.05) is 24.3 Å². The lowest BCUT2D eigenvalue weighted by atomic mass is 10.1. The van der Waals surface area contributed by atoms with Gasteiger partial charge in [0.05, 0.1) is 7.11 Å². The van der Waals surface area contributed by atoms with Crippen molar-refractivity contribution in [2.75, 3.05) is 32.1 Å². The molecular formula is C18H24N4O3. The summed E-state index contributed by atoms with van der Waals surface area (Å²) in [4.78, 5) is 14.4. The third kappa shape index (κ3) is 5.03. The summed E-state index contributed by atoms with van der Waals surface area (Å²) < 4.78 is 10.6. The number of benzene rings is 1. The standard InChI is InChI=1S/C18H24N4O3/c1-24-15-9-7-14(8-10-15)17-20-21-18(25-17)19-16(23)6-5-13-22-11-3-2-4-12-22/h7-10H,2-6,11-13H2,1H3,(H,19,21,23). The Labute approximate surface area is 147 Å². The number of aromatic nitrogens is 2. The molecule has 1 aliphatic rings. The minimum absolute atomic E-state index is 0.0954. The molecule has 7 nitrogen and oxygen atoms in total. The number of ether oxygens (including phenoxy) is 1. The van der Waals surface area contributed by atoms with Crippen molar-refractivity contribution in [3.63, 3.8) is 0 Å². The maximum atomic E-state index is 12.0. The van der Waals surface area contributed by atoms with Gasteiger partial charge in [-0.1, -0.05) is 11.5 Å². The molecule has 2 heterocycles. The van der Waals surface area contributed by atoms with E-state index in [2.05, 4.69) is 20.4 Å². The largest absolute Gasteiger partial charge is 0.497 e. The quantitative estimate of drug-likeness (QED) is 0.832. The van der Waals surface area contributed by atoms with Crippen molar-refractivity contribution in [1.29, 1.82) is 0 Å². The predicted molar refractivity (Wildman–Crippen MR) is 94.4 cm³/mol. The van der Waals surface area contributed by atoms with Gasteiger partial charge < -0.3 is 14.1 Å². The summed E-state index contributed by atoms with van der Waals surface area (Å²) in [5.41, 5.74) is 0.777. The van der Waals surface area contributed by atoms with Gasteiger partial charge in [-0.25, -0.2) is 0 Å². The van der Waals surface area contributed by atoms with Crippen LogP contribution in [0.5, 0.6) is 5.75 Å². The van der Waals surface area contributed by atoms with Crippen LogP contribution in [-0.2, 0) is 4.79 Å². The number of piperidine rings is 1. The summed E-state index contributed by atoms with van der Waals surface area (Å²) in [7, 11) is 1.61. The molecule has 1 saturated heterocycles. The molecule has 25 heavy (non-hydrogen) atoms. The van der Waals surface area contributed by atoms with Crippen LogP contribution in [0.25, 0.3) is 11.5 Å². The molecule has 3 rings (SSSR count). The molecule has 1 amide bonds. The molecule has 7 heteroatoms. The van der Waals surface area contributed by atoms with E-state index >= 15 is 0 Å². The van der Waals surface area contributed by atoms with E-state index in [-0.39, 0.29) is 11.9 Å². The van der Waals surface area contributed by atoms with Crippen molar-refractivity contribution in [1.82, 2.24) is 15.1 Å². The molecule has 0 aliphatic carbocycles. The Morgan fingerprint density at radius 2 is 1.96 bits per heavy atom. The highest BCUT2D eigenvalue weighted by molar-refractivity contribution is 5.88. The van der Waals surface area contributed by atoms with Crippen molar-refractivity contribution >= 4 is 11.9 Å². The lowest BCUT2D eigenvalue weighted by Gasteiger charge is -2.26. The summed E-state index contributed by atoms with van der Waals surface area (Å²) in [6.07, 6.45) is 5.15. The van der Waals surface area contributed by atoms with E-state index in [1.165, 1.54) is 19.3 Å². The normalized spacial score (nSPS) is 15.1. The second kappa shape index (κ2) is 8.62. The van der Waals surface area contributed by atoms with Crippen LogP contribution in [0, 0.1) is 0 Å². The first kappa shape index (κ1) is 17.4. The first-order chi connectivity index (χ1) is 12.2. The van der Waals surface area contributed by atoms with E-state index in [9.17, 15) is 4.79 Å². The van der Waals surface area contributed by atoms with Crippen LogP contribution < -0.4 is 10.1 Å². The van der Waals surface area contributed by atoms with Crippen LogP contribution in [0.1, 0.15) is 32.1 Å². The Balaban J connectivity index is 1.46. The smallest absolute Gasteiger partial charge is 0.322 e. The number of carbonyl (C=O) groups is 1. The zero-order chi connectivity index (χ0) is 17.5. The van der Waals surface area contributed by atoms with Crippen LogP contribution in [-0.4, -0.2) is 47.7 Å². The van der Waals surface area contributed by atoms with Crippen LogP contribution >= 0.6 is 0 Å². The third-order valence-corrected chi connectivity index (χ3v) is 4.34. The molecule has 1 aromatic carbocycles.